The summed E-state index contributed by atoms with van der Waals surface area (Å²) in [5, 5.41) is 0.415. The Bertz CT molecular complexity index is 1050. The Hall–Kier alpha value is -2.50. The van der Waals surface area contributed by atoms with Crippen LogP contribution in [0.4, 0.5) is 0 Å². The Morgan fingerprint density at radius 3 is 1.70 bits per heavy atom. The van der Waals surface area contributed by atoms with E-state index in [-0.39, 0.29) is 0 Å². The average molecular weight is 403 g/mol. The molecule has 4 nitrogen and oxygen atoms in total. The smallest absolute Gasteiger partial charge is 0.175 e. The van der Waals surface area contributed by atoms with E-state index >= 15 is 0 Å². The first kappa shape index (κ1) is 19.3. The SMILES string of the molecule is COc1cc(-c2ccccc2-c2ccc(S(C)(=O)=O)cc2)cc(OC)c1Cl. The van der Waals surface area contributed by atoms with Gasteiger partial charge in [-0.3, -0.25) is 0 Å². The van der Waals surface area contributed by atoms with E-state index in [4.69, 9.17) is 21.1 Å². The predicted molar refractivity (Wildman–Crippen MR) is 109 cm³/mol. The molecule has 3 aromatic rings. The highest BCUT2D eigenvalue weighted by Crippen LogP contribution is 2.41. The third kappa shape index (κ3) is 3.94. The lowest BCUT2D eigenvalue weighted by molar-refractivity contribution is 0.395. The minimum Gasteiger partial charge on any atom is -0.495 e. The second-order valence-electron chi connectivity index (χ2n) is 6.04. The maximum Gasteiger partial charge on any atom is 0.175 e. The van der Waals surface area contributed by atoms with Crippen LogP contribution in [0.2, 0.25) is 5.02 Å². The third-order valence-corrected chi connectivity index (χ3v) is 5.78. The Kier molecular flexibility index (Phi) is 5.44. The summed E-state index contributed by atoms with van der Waals surface area (Å²) in [4.78, 5) is 0.290. The molecule has 0 aliphatic rings. The van der Waals surface area contributed by atoms with Crippen molar-refractivity contribution in [3.05, 3.63) is 65.7 Å². The highest BCUT2D eigenvalue weighted by atomic mass is 35.5. The fourth-order valence-electron chi connectivity index (χ4n) is 2.89. The summed E-state index contributed by atoms with van der Waals surface area (Å²) in [7, 11) is -0.123. The number of hydrogen-bond acceptors (Lipinski definition) is 4. The molecular weight excluding hydrogens is 384 g/mol. The summed E-state index contributed by atoms with van der Waals surface area (Å²) in [5.74, 6) is 1.04. The monoisotopic (exact) mass is 402 g/mol. The molecule has 0 fully saturated rings. The lowest BCUT2D eigenvalue weighted by atomic mass is 9.94. The van der Waals surface area contributed by atoms with Crippen molar-refractivity contribution in [1.29, 1.82) is 0 Å². The summed E-state index contributed by atoms with van der Waals surface area (Å²) in [6.07, 6.45) is 1.20. The van der Waals surface area contributed by atoms with Gasteiger partial charge >= 0.3 is 0 Å². The molecule has 140 valence electrons. The molecular formula is C21H19ClO4S. The van der Waals surface area contributed by atoms with Gasteiger partial charge in [0.1, 0.15) is 16.5 Å². The fraction of sp³-hybridized carbons (Fsp3) is 0.143. The molecule has 27 heavy (non-hydrogen) atoms. The quantitative estimate of drug-likeness (QED) is 0.596. The maximum absolute atomic E-state index is 11.7. The van der Waals surface area contributed by atoms with E-state index < -0.39 is 9.84 Å². The van der Waals surface area contributed by atoms with Crippen molar-refractivity contribution in [3.63, 3.8) is 0 Å². The molecule has 0 aromatic heterocycles. The standard InChI is InChI=1S/C21H19ClO4S/c1-25-19-12-15(13-20(26-2)21(19)22)18-7-5-4-6-17(18)14-8-10-16(11-9-14)27(3,23)24/h4-13H,1-3H3. The number of hydrogen-bond donors (Lipinski definition) is 0. The van der Waals surface area contributed by atoms with Gasteiger partial charge in [0, 0.05) is 6.26 Å². The molecule has 0 aliphatic heterocycles. The lowest BCUT2D eigenvalue weighted by Gasteiger charge is -2.14. The van der Waals surface area contributed by atoms with Crippen LogP contribution < -0.4 is 9.47 Å². The van der Waals surface area contributed by atoms with Crippen LogP contribution in [0.5, 0.6) is 11.5 Å². The van der Waals surface area contributed by atoms with E-state index in [9.17, 15) is 8.42 Å². The van der Waals surface area contributed by atoms with Crippen molar-refractivity contribution >= 4 is 21.4 Å². The molecule has 6 heteroatoms. The number of rotatable bonds is 5. The normalized spacial score (nSPS) is 11.3. The Balaban J connectivity index is 2.15. The number of halogens is 1. The van der Waals surface area contributed by atoms with Crippen LogP contribution in [0.3, 0.4) is 0 Å². The summed E-state index contributed by atoms with van der Waals surface area (Å²) in [5.41, 5.74) is 3.71. The molecule has 0 heterocycles. The zero-order chi connectivity index (χ0) is 19.6. The van der Waals surface area contributed by atoms with Gasteiger partial charge in [-0.2, -0.15) is 0 Å². The van der Waals surface area contributed by atoms with Crippen LogP contribution in [0.1, 0.15) is 0 Å². The number of methoxy groups -OCH3 is 2. The lowest BCUT2D eigenvalue weighted by Crippen LogP contribution is -1.96. The van der Waals surface area contributed by atoms with E-state index in [2.05, 4.69) is 0 Å². The number of benzene rings is 3. The maximum atomic E-state index is 11.7. The minimum atomic E-state index is -3.23. The van der Waals surface area contributed by atoms with Crippen molar-refractivity contribution in [2.75, 3.05) is 20.5 Å². The largest absolute Gasteiger partial charge is 0.495 e. The second-order valence-corrected chi connectivity index (χ2v) is 8.43. The third-order valence-electron chi connectivity index (χ3n) is 4.28. The Morgan fingerprint density at radius 2 is 1.26 bits per heavy atom. The minimum absolute atomic E-state index is 0.290. The van der Waals surface area contributed by atoms with Crippen LogP contribution in [-0.2, 0) is 9.84 Å². The van der Waals surface area contributed by atoms with Crippen molar-refractivity contribution in [2.24, 2.45) is 0 Å². The van der Waals surface area contributed by atoms with Crippen LogP contribution in [0.25, 0.3) is 22.3 Å². The van der Waals surface area contributed by atoms with Crippen molar-refractivity contribution in [1.82, 2.24) is 0 Å². The molecule has 0 aliphatic carbocycles. The summed E-state index contributed by atoms with van der Waals surface area (Å²) >= 11 is 6.28. The van der Waals surface area contributed by atoms with Gasteiger partial charge in [0.05, 0.1) is 19.1 Å². The summed E-state index contributed by atoms with van der Waals surface area (Å²) < 4.78 is 34.1. The predicted octanol–water partition coefficient (Wildman–Crippen LogP) is 5.09. The Labute approximate surface area is 164 Å². The van der Waals surface area contributed by atoms with Crippen LogP contribution in [-0.4, -0.2) is 28.9 Å². The van der Waals surface area contributed by atoms with Crippen molar-refractivity contribution in [2.45, 2.75) is 4.90 Å². The van der Waals surface area contributed by atoms with Crippen molar-refractivity contribution < 1.29 is 17.9 Å². The van der Waals surface area contributed by atoms with E-state index in [1.807, 2.05) is 36.4 Å². The van der Waals surface area contributed by atoms with Gasteiger partial charge in [-0.05, 0) is 46.5 Å². The van der Waals surface area contributed by atoms with Crippen molar-refractivity contribution in [3.8, 4) is 33.8 Å². The van der Waals surface area contributed by atoms with Crippen LogP contribution >= 0.6 is 11.6 Å². The Morgan fingerprint density at radius 1 is 0.778 bits per heavy atom. The molecule has 3 aromatic carbocycles. The van der Waals surface area contributed by atoms with Gasteiger partial charge in [0.15, 0.2) is 9.84 Å². The molecule has 0 bridgehead atoms. The van der Waals surface area contributed by atoms with Gasteiger partial charge in [0.25, 0.3) is 0 Å². The van der Waals surface area contributed by atoms with E-state index in [0.717, 1.165) is 22.3 Å². The number of sulfone groups is 1. The highest BCUT2D eigenvalue weighted by molar-refractivity contribution is 7.90. The molecule has 0 saturated heterocycles. The van der Waals surface area contributed by atoms with Gasteiger partial charge in [-0.1, -0.05) is 48.0 Å². The summed E-state index contributed by atoms with van der Waals surface area (Å²) in [6, 6.07) is 18.4. The molecule has 0 unspecified atom stereocenters. The van der Waals surface area contributed by atoms with Crippen LogP contribution in [0.15, 0.2) is 65.6 Å². The first-order valence-electron chi connectivity index (χ1n) is 8.16. The van der Waals surface area contributed by atoms with E-state index in [0.29, 0.717) is 21.4 Å². The zero-order valence-corrected chi connectivity index (χ0v) is 16.8. The average Bonchev–Trinajstić information content (AvgIpc) is 2.67. The molecule has 0 radical (unpaired) electrons. The van der Waals surface area contributed by atoms with E-state index in [1.54, 1.807) is 38.5 Å². The van der Waals surface area contributed by atoms with Crippen LogP contribution in [0, 0.1) is 0 Å². The summed E-state index contributed by atoms with van der Waals surface area (Å²) in [6.45, 7) is 0. The molecule has 0 amide bonds. The first-order chi connectivity index (χ1) is 12.8. The molecule has 0 atom stereocenters. The molecule has 0 spiro atoms. The highest BCUT2D eigenvalue weighted by Gasteiger charge is 2.15. The van der Waals surface area contributed by atoms with Gasteiger partial charge < -0.3 is 9.47 Å². The zero-order valence-electron chi connectivity index (χ0n) is 15.2. The molecule has 0 saturated carbocycles. The second kappa shape index (κ2) is 7.62. The van der Waals surface area contributed by atoms with Gasteiger partial charge in [-0.15, -0.1) is 0 Å². The molecule has 0 N–H and O–H groups in total. The van der Waals surface area contributed by atoms with Gasteiger partial charge in [-0.25, -0.2) is 8.42 Å². The fourth-order valence-corrected chi connectivity index (χ4v) is 3.79. The topological polar surface area (TPSA) is 52.6 Å². The number of ether oxygens (including phenoxy) is 2. The first-order valence-corrected chi connectivity index (χ1v) is 10.4. The van der Waals surface area contributed by atoms with E-state index in [1.165, 1.54) is 6.26 Å². The van der Waals surface area contributed by atoms with Gasteiger partial charge in [0.2, 0.25) is 0 Å². The molecule has 3 rings (SSSR count).